The lowest BCUT2D eigenvalue weighted by Crippen LogP contribution is -2.27. The van der Waals surface area contributed by atoms with Crippen molar-refractivity contribution < 1.29 is 0 Å². The summed E-state index contributed by atoms with van der Waals surface area (Å²) in [5, 5.41) is 1.99. The highest BCUT2D eigenvalue weighted by Crippen LogP contribution is 2.35. The molecule has 0 saturated heterocycles. The molecule has 0 aliphatic heterocycles. The average Bonchev–Trinajstić information content (AvgIpc) is 2.56. The van der Waals surface area contributed by atoms with Crippen molar-refractivity contribution in [1.82, 2.24) is 9.47 Å². The van der Waals surface area contributed by atoms with Gasteiger partial charge < -0.3 is 15.2 Å². The summed E-state index contributed by atoms with van der Waals surface area (Å²) in [6.07, 6.45) is 0. The van der Waals surface area contributed by atoms with Crippen LogP contribution in [0.2, 0.25) is 5.02 Å². The van der Waals surface area contributed by atoms with Gasteiger partial charge in [-0.25, -0.2) is 0 Å². The Bertz CT molecular complexity index is 572. The number of nitrogens with zero attached hydrogens (tertiary/aromatic N) is 2. The zero-order valence-electron chi connectivity index (χ0n) is 11.4. The summed E-state index contributed by atoms with van der Waals surface area (Å²) in [7, 11) is 6.16. The molecule has 0 aliphatic rings. The molecule has 0 bridgehead atoms. The third kappa shape index (κ3) is 1.92. The van der Waals surface area contributed by atoms with Gasteiger partial charge in [-0.05, 0) is 32.6 Å². The number of nitrogens with two attached hydrogens (primary N) is 1. The van der Waals surface area contributed by atoms with Crippen LogP contribution >= 0.6 is 11.6 Å². The van der Waals surface area contributed by atoms with E-state index in [9.17, 15) is 0 Å². The normalized spacial score (nSPS) is 13.5. The number of aromatic nitrogens is 1. The van der Waals surface area contributed by atoms with Gasteiger partial charge in [0.1, 0.15) is 0 Å². The number of aryl methyl sites for hydroxylation is 1. The van der Waals surface area contributed by atoms with Gasteiger partial charge >= 0.3 is 0 Å². The minimum Gasteiger partial charge on any atom is -0.346 e. The van der Waals surface area contributed by atoms with Crippen LogP contribution in [0.3, 0.4) is 0 Å². The highest BCUT2D eigenvalue weighted by molar-refractivity contribution is 6.35. The fraction of sp³-hybridized carbons (Fsp3) is 0.429. The summed E-state index contributed by atoms with van der Waals surface area (Å²) in [5.41, 5.74) is 9.52. The summed E-state index contributed by atoms with van der Waals surface area (Å²) >= 11 is 6.31. The van der Waals surface area contributed by atoms with E-state index in [1.807, 2.05) is 12.1 Å². The van der Waals surface area contributed by atoms with E-state index in [4.69, 9.17) is 17.3 Å². The Hall–Kier alpha value is -1.03. The predicted molar refractivity (Wildman–Crippen MR) is 78.1 cm³/mol. The number of rotatable bonds is 3. The van der Waals surface area contributed by atoms with Crippen LogP contribution in [0.1, 0.15) is 17.3 Å². The molecule has 98 valence electrons. The van der Waals surface area contributed by atoms with Crippen LogP contribution in [0.5, 0.6) is 0 Å². The summed E-state index contributed by atoms with van der Waals surface area (Å²) in [5.74, 6) is 0. The maximum Gasteiger partial charge on any atom is 0.0672 e. The summed E-state index contributed by atoms with van der Waals surface area (Å²) in [6, 6.07) is 6.26. The van der Waals surface area contributed by atoms with E-state index in [2.05, 4.69) is 43.6 Å². The van der Waals surface area contributed by atoms with Crippen molar-refractivity contribution in [2.75, 3.05) is 20.6 Å². The molecule has 0 fully saturated rings. The molecular weight excluding hydrogens is 246 g/mol. The topological polar surface area (TPSA) is 34.2 Å². The lowest BCUT2D eigenvalue weighted by molar-refractivity contribution is 0.306. The molecule has 0 aliphatic carbocycles. The molecule has 1 aromatic carbocycles. The van der Waals surface area contributed by atoms with E-state index in [1.54, 1.807) is 0 Å². The van der Waals surface area contributed by atoms with Crippen molar-refractivity contribution in [3.05, 3.63) is 34.5 Å². The monoisotopic (exact) mass is 265 g/mol. The molecule has 0 amide bonds. The van der Waals surface area contributed by atoms with Crippen LogP contribution in [0.25, 0.3) is 10.9 Å². The molecule has 2 N–H and O–H groups in total. The Kier molecular flexibility index (Phi) is 3.66. The van der Waals surface area contributed by atoms with Gasteiger partial charge in [0.2, 0.25) is 0 Å². The molecule has 3 nitrogen and oxygen atoms in total. The molecular formula is C14H20ClN3. The van der Waals surface area contributed by atoms with Crippen molar-refractivity contribution in [3.63, 3.8) is 0 Å². The van der Waals surface area contributed by atoms with Gasteiger partial charge in [-0.15, -0.1) is 0 Å². The SMILES string of the molecule is Cc1c(C(CN)N(C)C)c2cccc(Cl)c2n1C. The molecule has 2 rings (SSSR count). The van der Waals surface area contributed by atoms with Crippen LogP contribution in [-0.4, -0.2) is 30.1 Å². The smallest absolute Gasteiger partial charge is 0.0672 e. The summed E-state index contributed by atoms with van der Waals surface area (Å²) < 4.78 is 2.15. The van der Waals surface area contributed by atoms with Gasteiger partial charge in [-0.3, -0.25) is 0 Å². The van der Waals surface area contributed by atoms with Crippen molar-refractivity contribution in [2.45, 2.75) is 13.0 Å². The second-order valence-electron chi connectivity index (χ2n) is 4.91. The molecule has 18 heavy (non-hydrogen) atoms. The Morgan fingerprint density at radius 3 is 2.61 bits per heavy atom. The average molecular weight is 266 g/mol. The van der Waals surface area contributed by atoms with Crippen molar-refractivity contribution in [2.24, 2.45) is 12.8 Å². The first kappa shape index (κ1) is 13.4. The molecule has 0 saturated carbocycles. The highest BCUT2D eigenvalue weighted by atomic mass is 35.5. The maximum absolute atomic E-state index is 6.31. The van der Waals surface area contributed by atoms with E-state index < -0.39 is 0 Å². The first-order valence-corrected chi connectivity index (χ1v) is 6.46. The van der Waals surface area contributed by atoms with Gasteiger partial charge in [-0.1, -0.05) is 23.7 Å². The predicted octanol–water partition coefficient (Wildman–Crippen LogP) is 2.70. The molecule has 0 radical (unpaired) electrons. The van der Waals surface area contributed by atoms with Crippen LogP contribution in [0.4, 0.5) is 0 Å². The standard InChI is InChI=1S/C14H20ClN3/c1-9-13(12(8-16)17(2)3)10-6-5-7-11(15)14(10)18(9)4/h5-7,12H,8,16H2,1-4H3. The van der Waals surface area contributed by atoms with E-state index >= 15 is 0 Å². The largest absolute Gasteiger partial charge is 0.346 e. The highest BCUT2D eigenvalue weighted by Gasteiger charge is 2.22. The van der Waals surface area contributed by atoms with Crippen molar-refractivity contribution in [3.8, 4) is 0 Å². The summed E-state index contributed by atoms with van der Waals surface area (Å²) in [4.78, 5) is 2.16. The molecule has 1 aromatic heterocycles. The lowest BCUT2D eigenvalue weighted by Gasteiger charge is -2.23. The third-order valence-corrected chi connectivity index (χ3v) is 3.99. The Balaban J connectivity index is 2.79. The van der Waals surface area contributed by atoms with Gasteiger partial charge in [0.25, 0.3) is 0 Å². The van der Waals surface area contributed by atoms with Crippen LogP contribution < -0.4 is 5.73 Å². The lowest BCUT2D eigenvalue weighted by atomic mass is 10.0. The molecule has 1 heterocycles. The van der Waals surface area contributed by atoms with Gasteiger partial charge in [0.15, 0.2) is 0 Å². The van der Waals surface area contributed by atoms with Gasteiger partial charge in [0.05, 0.1) is 10.5 Å². The first-order chi connectivity index (χ1) is 8.49. The fourth-order valence-electron chi connectivity index (χ4n) is 2.62. The van der Waals surface area contributed by atoms with Crippen molar-refractivity contribution >= 4 is 22.5 Å². The number of fused-ring (bicyclic) bond motifs is 1. The van der Waals surface area contributed by atoms with Crippen LogP contribution in [-0.2, 0) is 7.05 Å². The Labute approximate surface area is 113 Å². The molecule has 0 spiro atoms. The third-order valence-electron chi connectivity index (χ3n) is 3.69. The Morgan fingerprint density at radius 1 is 1.39 bits per heavy atom. The molecule has 2 aromatic rings. The number of likely N-dealkylation sites (N-methyl/N-ethyl adjacent to an activating group) is 1. The quantitative estimate of drug-likeness (QED) is 0.926. The summed E-state index contributed by atoms with van der Waals surface area (Å²) in [6.45, 7) is 2.72. The number of hydrogen-bond donors (Lipinski definition) is 1. The van der Waals surface area contributed by atoms with Crippen LogP contribution in [0, 0.1) is 6.92 Å². The first-order valence-electron chi connectivity index (χ1n) is 6.09. The number of hydrogen-bond acceptors (Lipinski definition) is 2. The second-order valence-corrected chi connectivity index (χ2v) is 5.32. The second kappa shape index (κ2) is 4.92. The molecule has 4 heteroatoms. The zero-order chi connectivity index (χ0) is 13.4. The van der Waals surface area contributed by atoms with Crippen molar-refractivity contribution in [1.29, 1.82) is 0 Å². The zero-order valence-corrected chi connectivity index (χ0v) is 12.1. The number of para-hydroxylation sites is 1. The maximum atomic E-state index is 6.31. The molecule has 1 unspecified atom stereocenters. The minimum atomic E-state index is 0.215. The molecule has 1 atom stereocenters. The number of benzene rings is 1. The minimum absolute atomic E-state index is 0.215. The van der Waals surface area contributed by atoms with Gasteiger partial charge in [0, 0.05) is 30.7 Å². The van der Waals surface area contributed by atoms with Gasteiger partial charge in [-0.2, -0.15) is 0 Å². The fourth-order valence-corrected chi connectivity index (χ4v) is 2.93. The van der Waals surface area contributed by atoms with E-state index in [1.165, 1.54) is 16.6 Å². The van der Waals surface area contributed by atoms with E-state index in [0.29, 0.717) is 6.54 Å². The van der Waals surface area contributed by atoms with Crippen LogP contribution in [0.15, 0.2) is 18.2 Å². The van der Waals surface area contributed by atoms with E-state index in [0.717, 1.165) is 10.5 Å². The number of halogens is 1. The van der Waals surface area contributed by atoms with E-state index in [-0.39, 0.29) is 6.04 Å². The Morgan fingerprint density at radius 2 is 2.06 bits per heavy atom.